The minimum atomic E-state index is -0.120. The molecule has 0 aromatic heterocycles. The minimum Gasteiger partial charge on any atom is -0.352 e. The molecule has 0 bridgehead atoms. The van der Waals surface area contributed by atoms with Crippen LogP contribution in [0, 0.1) is 0 Å². The van der Waals surface area contributed by atoms with Crippen LogP contribution < -0.4 is 10.6 Å². The number of nitrogens with one attached hydrogen (secondary N) is 2. The number of hydrogen-bond donors (Lipinski definition) is 2. The Bertz CT molecular complexity index is 715. The monoisotopic (exact) mass is 324 g/mol. The number of fused-ring (bicyclic) bond motifs is 1. The molecule has 0 unspecified atom stereocenters. The summed E-state index contributed by atoms with van der Waals surface area (Å²) in [6, 6.07) is 14.3. The van der Waals surface area contributed by atoms with Gasteiger partial charge in [0.2, 0.25) is 11.8 Å². The third kappa shape index (κ3) is 4.34. The Morgan fingerprint density at radius 1 is 0.917 bits per heavy atom. The third-order valence-electron chi connectivity index (χ3n) is 4.65. The summed E-state index contributed by atoms with van der Waals surface area (Å²) >= 11 is 0. The molecule has 0 aliphatic heterocycles. The number of hydrogen-bond acceptors (Lipinski definition) is 2. The summed E-state index contributed by atoms with van der Waals surface area (Å²) in [4.78, 5) is 24.1. The van der Waals surface area contributed by atoms with Gasteiger partial charge in [0.05, 0.1) is 13.0 Å². The van der Waals surface area contributed by atoms with E-state index in [2.05, 4.69) is 10.6 Å². The number of carbonyl (C=O) groups excluding carboxylic acids is 2. The molecule has 126 valence electrons. The predicted molar refractivity (Wildman–Crippen MR) is 95.7 cm³/mol. The van der Waals surface area contributed by atoms with Gasteiger partial charge in [0.15, 0.2) is 0 Å². The fourth-order valence-electron chi connectivity index (χ4n) is 3.39. The first kappa shape index (κ1) is 16.5. The number of rotatable bonds is 5. The van der Waals surface area contributed by atoms with Gasteiger partial charge in [0.1, 0.15) is 0 Å². The van der Waals surface area contributed by atoms with E-state index in [0.29, 0.717) is 0 Å². The van der Waals surface area contributed by atoms with E-state index in [1.54, 1.807) is 0 Å². The van der Waals surface area contributed by atoms with Gasteiger partial charge in [0, 0.05) is 6.04 Å². The van der Waals surface area contributed by atoms with Crippen molar-refractivity contribution in [3.8, 4) is 0 Å². The van der Waals surface area contributed by atoms with Crippen LogP contribution in [0.1, 0.15) is 37.7 Å². The van der Waals surface area contributed by atoms with E-state index in [9.17, 15) is 9.59 Å². The van der Waals surface area contributed by atoms with Crippen LogP contribution in [0.2, 0.25) is 0 Å². The topological polar surface area (TPSA) is 58.2 Å². The fourth-order valence-corrected chi connectivity index (χ4v) is 3.39. The molecule has 2 N–H and O–H groups in total. The molecule has 3 rings (SSSR count). The molecule has 1 saturated carbocycles. The SMILES string of the molecule is O=C(Cc1cccc2ccccc12)NCC(=O)NC1CCCCC1. The Balaban J connectivity index is 1.51. The molecule has 2 aromatic rings. The summed E-state index contributed by atoms with van der Waals surface area (Å²) < 4.78 is 0. The molecule has 0 saturated heterocycles. The van der Waals surface area contributed by atoms with E-state index in [1.807, 2.05) is 42.5 Å². The Morgan fingerprint density at radius 2 is 1.67 bits per heavy atom. The molecule has 1 aliphatic rings. The normalized spacial score (nSPS) is 15.2. The lowest BCUT2D eigenvalue weighted by atomic mass is 9.95. The van der Waals surface area contributed by atoms with Gasteiger partial charge in [-0.3, -0.25) is 9.59 Å². The largest absolute Gasteiger partial charge is 0.352 e. The van der Waals surface area contributed by atoms with Crippen molar-refractivity contribution in [2.75, 3.05) is 6.54 Å². The Hall–Kier alpha value is -2.36. The van der Waals surface area contributed by atoms with Crippen molar-refractivity contribution in [3.05, 3.63) is 48.0 Å². The number of amides is 2. The zero-order valence-corrected chi connectivity index (χ0v) is 13.9. The Labute approximate surface area is 142 Å². The predicted octanol–water partition coefficient (Wildman–Crippen LogP) is 2.95. The highest BCUT2D eigenvalue weighted by atomic mass is 16.2. The third-order valence-corrected chi connectivity index (χ3v) is 4.65. The molecule has 0 atom stereocenters. The van der Waals surface area contributed by atoms with E-state index in [4.69, 9.17) is 0 Å². The van der Waals surface area contributed by atoms with Gasteiger partial charge in [-0.1, -0.05) is 61.7 Å². The molecule has 4 heteroatoms. The van der Waals surface area contributed by atoms with Crippen LogP contribution in [0.4, 0.5) is 0 Å². The molecule has 0 radical (unpaired) electrons. The van der Waals surface area contributed by atoms with Gasteiger partial charge in [-0.15, -0.1) is 0 Å². The molecule has 1 aliphatic carbocycles. The maximum Gasteiger partial charge on any atom is 0.239 e. The summed E-state index contributed by atoms with van der Waals surface area (Å²) in [6.07, 6.45) is 6.01. The average Bonchev–Trinajstić information content (AvgIpc) is 2.61. The van der Waals surface area contributed by atoms with Gasteiger partial charge in [-0.05, 0) is 29.2 Å². The van der Waals surface area contributed by atoms with Crippen LogP contribution in [-0.2, 0) is 16.0 Å². The van der Waals surface area contributed by atoms with E-state index in [-0.39, 0.29) is 30.8 Å². The second-order valence-electron chi connectivity index (χ2n) is 6.49. The molecule has 1 fully saturated rings. The standard InChI is InChI=1S/C20H24N2O2/c23-19(21-14-20(24)22-17-10-2-1-3-11-17)13-16-9-6-8-15-7-4-5-12-18(15)16/h4-9,12,17H,1-3,10-11,13-14H2,(H,21,23)(H,22,24). The van der Waals surface area contributed by atoms with Crippen LogP contribution in [0.5, 0.6) is 0 Å². The van der Waals surface area contributed by atoms with Crippen molar-refractivity contribution in [1.29, 1.82) is 0 Å². The summed E-state index contributed by atoms with van der Waals surface area (Å²) in [5, 5.41) is 7.96. The minimum absolute atomic E-state index is 0.0557. The van der Waals surface area contributed by atoms with Crippen molar-refractivity contribution < 1.29 is 9.59 Å². The Kier molecular flexibility index (Phi) is 5.47. The number of carbonyl (C=O) groups is 2. The second-order valence-corrected chi connectivity index (χ2v) is 6.49. The van der Waals surface area contributed by atoms with Crippen LogP contribution in [0.25, 0.3) is 10.8 Å². The molecule has 2 amide bonds. The lowest BCUT2D eigenvalue weighted by Gasteiger charge is -2.22. The van der Waals surface area contributed by atoms with Gasteiger partial charge in [-0.2, -0.15) is 0 Å². The molecule has 4 nitrogen and oxygen atoms in total. The average molecular weight is 324 g/mol. The van der Waals surface area contributed by atoms with Crippen LogP contribution >= 0.6 is 0 Å². The molecule has 2 aromatic carbocycles. The van der Waals surface area contributed by atoms with E-state index >= 15 is 0 Å². The first-order valence-corrected chi connectivity index (χ1v) is 8.75. The van der Waals surface area contributed by atoms with Crippen molar-refractivity contribution in [1.82, 2.24) is 10.6 Å². The van der Waals surface area contributed by atoms with Gasteiger partial charge in [-0.25, -0.2) is 0 Å². The quantitative estimate of drug-likeness (QED) is 0.888. The van der Waals surface area contributed by atoms with Crippen molar-refractivity contribution in [2.24, 2.45) is 0 Å². The lowest BCUT2D eigenvalue weighted by molar-refractivity contribution is -0.126. The number of benzene rings is 2. The second kappa shape index (κ2) is 7.95. The molecular formula is C20H24N2O2. The van der Waals surface area contributed by atoms with Crippen molar-refractivity contribution >= 4 is 22.6 Å². The molecule has 0 heterocycles. The fraction of sp³-hybridized carbons (Fsp3) is 0.400. The smallest absolute Gasteiger partial charge is 0.239 e. The zero-order chi connectivity index (χ0) is 16.8. The summed E-state index contributed by atoms with van der Waals surface area (Å²) in [5.74, 6) is -0.210. The highest BCUT2D eigenvalue weighted by Gasteiger charge is 2.16. The summed E-state index contributed by atoms with van der Waals surface area (Å²) in [5.41, 5.74) is 0.985. The van der Waals surface area contributed by atoms with E-state index < -0.39 is 0 Å². The lowest BCUT2D eigenvalue weighted by Crippen LogP contribution is -2.43. The maximum absolute atomic E-state index is 12.2. The first-order valence-electron chi connectivity index (χ1n) is 8.75. The van der Waals surface area contributed by atoms with Crippen LogP contribution in [0.3, 0.4) is 0 Å². The van der Waals surface area contributed by atoms with Crippen molar-refractivity contribution in [2.45, 2.75) is 44.6 Å². The molecule has 0 spiro atoms. The van der Waals surface area contributed by atoms with Crippen LogP contribution in [-0.4, -0.2) is 24.4 Å². The highest BCUT2D eigenvalue weighted by Crippen LogP contribution is 2.19. The van der Waals surface area contributed by atoms with Crippen molar-refractivity contribution in [3.63, 3.8) is 0 Å². The van der Waals surface area contributed by atoms with E-state index in [0.717, 1.165) is 29.2 Å². The summed E-state index contributed by atoms with van der Waals surface area (Å²) in [7, 11) is 0. The zero-order valence-electron chi connectivity index (χ0n) is 13.9. The van der Waals surface area contributed by atoms with E-state index in [1.165, 1.54) is 19.3 Å². The van der Waals surface area contributed by atoms with Gasteiger partial charge in [0.25, 0.3) is 0 Å². The first-order chi connectivity index (χ1) is 11.7. The molecular weight excluding hydrogens is 300 g/mol. The Morgan fingerprint density at radius 3 is 2.50 bits per heavy atom. The maximum atomic E-state index is 12.2. The van der Waals surface area contributed by atoms with Crippen LogP contribution in [0.15, 0.2) is 42.5 Å². The van der Waals surface area contributed by atoms with Gasteiger partial charge < -0.3 is 10.6 Å². The molecule has 24 heavy (non-hydrogen) atoms. The van der Waals surface area contributed by atoms with Gasteiger partial charge >= 0.3 is 0 Å². The highest BCUT2D eigenvalue weighted by molar-refractivity contribution is 5.91. The summed E-state index contributed by atoms with van der Waals surface area (Å²) in [6.45, 7) is 0.0557.